The van der Waals surface area contributed by atoms with Gasteiger partial charge >= 0.3 is 6.03 Å². The molecule has 1 atom stereocenters. The third-order valence-electron chi connectivity index (χ3n) is 3.00. The lowest BCUT2D eigenvalue weighted by molar-refractivity contribution is 0.259. The van der Waals surface area contributed by atoms with Gasteiger partial charge in [0.05, 0.1) is 5.69 Å². The minimum absolute atomic E-state index is 0.0965. The maximum Gasteiger partial charge on any atom is 0.316 e. The van der Waals surface area contributed by atoms with Crippen molar-refractivity contribution in [2.24, 2.45) is 5.73 Å². The lowest BCUT2D eigenvalue weighted by Gasteiger charge is -2.18. The molecule has 0 bridgehead atoms. The Labute approximate surface area is 130 Å². The average molecular weight is 352 g/mol. The summed E-state index contributed by atoms with van der Waals surface area (Å²) in [4.78, 5) is 10.8. The standard InChI is InChI=1S/C15H15BrFN3O/c1-9(19-14-12(16)3-2-4-13(14)17)10-5-7-11(8-6-10)20-15(18)21/h2-9,19H,1H3,(H3,18,20,21). The van der Waals surface area contributed by atoms with Crippen molar-refractivity contribution in [1.29, 1.82) is 0 Å². The smallest absolute Gasteiger partial charge is 0.316 e. The minimum Gasteiger partial charge on any atom is -0.375 e. The van der Waals surface area contributed by atoms with Gasteiger partial charge in [-0.25, -0.2) is 9.18 Å². The zero-order chi connectivity index (χ0) is 15.4. The van der Waals surface area contributed by atoms with Crippen LogP contribution in [0.1, 0.15) is 18.5 Å². The van der Waals surface area contributed by atoms with Crippen molar-refractivity contribution in [2.45, 2.75) is 13.0 Å². The van der Waals surface area contributed by atoms with Crippen LogP contribution in [0.15, 0.2) is 46.9 Å². The maximum absolute atomic E-state index is 13.8. The second-order valence-corrected chi connectivity index (χ2v) is 5.43. The maximum atomic E-state index is 13.8. The highest BCUT2D eigenvalue weighted by Gasteiger charge is 2.11. The van der Waals surface area contributed by atoms with Crippen molar-refractivity contribution in [2.75, 3.05) is 10.6 Å². The van der Waals surface area contributed by atoms with E-state index in [1.54, 1.807) is 24.3 Å². The van der Waals surface area contributed by atoms with E-state index < -0.39 is 6.03 Å². The number of para-hydroxylation sites is 1. The summed E-state index contributed by atoms with van der Waals surface area (Å²) >= 11 is 3.32. The number of halogens is 2. The molecule has 4 N–H and O–H groups in total. The third-order valence-corrected chi connectivity index (χ3v) is 3.66. The number of nitrogens with two attached hydrogens (primary N) is 1. The van der Waals surface area contributed by atoms with Gasteiger partial charge in [-0.2, -0.15) is 0 Å². The predicted molar refractivity (Wildman–Crippen MR) is 85.8 cm³/mol. The Bertz CT molecular complexity index is 626. The number of carbonyl (C=O) groups excluding carboxylic acids is 1. The van der Waals surface area contributed by atoms with Crippen LogP contribution in [0.3, 0.4) is 0 Å². The highest BCUT2D eigenvalue weighted by Crippen LogP contribution is 2.29. The summed E-state index contributed by atoms with van der Waals surface area (Å²) in [6.45, 7) is 1.93. The van der Waals surface area contributed by atoms with Gasteiger partial charge in [0.25, 0.3) is 0 Å². The fraction of sp³-hybridized carbons (Fsp3) is 0.133. The molecule has 2 rings (SSSR count). The molecule has 0 aliphatic carbocycles. The number of anilines is 2. The second-order valence-electron chi connectivity index (χ2n) is 4.57. The molecule has 2 aromatic rings. The molecule has 2 aromatic carbocycles. The molecule has 0 aliphatic heterocycles. The van der Waals surface area contributed by atoms with Gasteiger partial charge in [0.15, 0.2) is 0 Å². The highest BCUT2D eigenvalue weighted by molar-refractivity contribution is 9.10. The summed E-state index contributed by atoms with van der Waals surface area (Å²) in [6.07, 6.45) is 0. The molecule has 0 fully saturated rings. The lowest BCUT2D eigenvalue weighted by Crippen LogP contribution is -2.19. The van der Waals surface area contributed by atoms with Crippen molar-refractivity contribution >= 4 is 33.3 Å². The summed E-state index contributed by atoms with van der Waals surface area (Å²) in [5.41, 5.74) is 7.04. The van der Waals surface area contributed by atoms with Crippen LogP contribution < -0.4 is 16.4 Å². The largest absolute Gasteiger partial charge is 0.375 e. The third kappa shape index (κ3) is 3.95. The van der Waals surface area contributed by atoms with Gasteiger partial charge in [-0.3, -0.25) is 0 Å². The average Bonchev–Trinajstić information content (AvgIpc) is 2.43. The van der Waals surface area contributed by atoms with Crippen molar-refractivity contribution in [3.05, 3.63) is 58.3 Å². The molecule has 21 heavy (non-hydrogen) atoms. The van der Waals surface area contributed by atoms with Crippen LogP contribution in [-0.4, -0.2) is 6.03 Å². The van der Waals surface area contributed by atoms with E-state index in [4.69, 9.17) is 5.73 Å². The highest BCUT2D eigenvalue weighted by atomic mass is 79.9. The van der Waals surface area contributed by atoms with Gasteiger partial charge < -0.3 is 16.4 Å². The number of rotatable bonds is 4. The quantitative estimate of drug-likeness (QED) is 0.770. The zero-order valence-corrected chi connectivity index (χ0v) is 12.9. The van der Waals surface area contributed by atoms with Crippen LogP contribution in [0.2, 0.25) is 0 Å². The van der Waals surface area contributed by atoms with E-state index in [1.807, 2.05) is 19.1 Å². The predicted octanol–water partition coefficient (Wildman–Crippen LogP) is 4.25. The Morgan fingerprint density at radius 2 is 1.90 bits per heavy atom. The van der Waals surface area contributed by atoms with Crippen molar-refractivity contribution in [1.82, 2.24) is 0 Å². The van der Waals surface area contributed by atoms with Crippen molar-refractivity contribution in [3.63, 3.8) is 0 Å². The summed E-state index contributed by atoms with van der Waals surface area (Å²) in [5.74, 6) is -0.316. The number of primary amides is 1. The minimum atomic E-state index is -0.607. The molecule has 110 valence electrons. The number of urea groups is 1. The molecule has 0 saturated heterocycles. The molecule has 1 unspecified atom stereocenters. The van der Waals surface area contributed by atoms with Crippen molar-refractivity contribution < 1.29 is 9.18 Å². The summed E-state index contributed by atoms with van der Waals surface area (Å²) in [7, 11) is 0. The van der Waals surface area contributed by atoms with Crippen LogP contribution >= 0.6 is 15.9 Å². The van der Waals surface area contributed by atoms with Gasteiger partial charge in [0, 0.05) is 16.2 Å². The van der Waals surface area contributed by atoms with Gasteiger partial charge in [0.2, 0.25) is 0 Å². The molecule has 0 spiro atoms. The Morgan fingerprint density at radius 1 is 1.24 bits per heavy atom. The topological polar surface area (TPSA) is 67.2 Å². The SMILES string of the molecule is CC(Nc1c(F)cccc1Br)c1ccc(NC(N)=O)cc1. The van der Waals surface area contributed by atoms with Gasteiger partial charge in [0.1, 0.15) is 5.82 Å². The van der Waals surface area contributed by atoms with E-state index in [-0.39, 0.29) is 11.9 Å². The van der Waals surface area contributed by atoms with Crippen LogP contribution in [-0.2, 0) is 0 Å². The number of carbonyl (C=O) groups is 1. The van der Waals surface area contributed by atoms with Crippen molar-refractivity contribution in [3.8, 4) is 0 Å². The molecule has 4 nitrogen and oxygen atoms in total. The van der Waals surface area contributed by atoms with E-state index >= 15 is 0 Å². The lowest BCUT2D eigenvalue weighted by atomic mass is 10.1. The fourth-order valence-corrected chi connectivity index (χ4v) is 2.39. The molecular weight excluding hydrogens is 337 g/mol. The Hall–Kier alpha value is -2.08. The zero-order valence-electron chi connectivity index (χ0n) is 11.4. The first-order valence-corrected chi connectivity index (χ1v) is 7.13. The first-order chi connectivity index (χ1) is 9.97. The van der Waals surface area contributed by atoms with E-state index in [0.717, 1.165) is 5.56 Å². The number of nitrogens with one attached hydrogen (secondary N) is 2. The first kappa shape index (κ1) is 15.3. The van der Waals surface area contributed by atoms with Crippen LogP contribution in [0.4, 0.5) is 20.6 Å². The molecule has 0 heterocycles. The Morgan fingerprint density at radius 3 is 2.48 bits per heavy atom. The Kier molecular flexibility index (Phi) is 4.80. The molecule has 0 aliphatic rings. The van der Waals surface area contributed by atoms with Crippen LogP contribution in [0, 0.1) is 5.82 Å². The first-order valence-electron chi connectivity index (χ1n) is 6.34. The second kappa shape index (κ2) is 6.58. The number of hydrogen-bond acceptors (Lipinski definition) is 2. The number of benzene rings is 2. The normalized spacial score (nSPS) is 11.8. The van der Waals surface area contributed by atoms with E-state index in [9.17, 15) is 9.18 Å². The molecule has 0 saturated carbocycles. The number of hydrogen-bond donors (Lipinski definition) is 3. The number of amides is 2. The molecule has 2 amide bonds. The van der Waals surface area contributed by atoms with Gasteiger partial charge in [-0.1, -0.05) is 18.2 Å². The van der Waals surface area contributed by atoms with Crippen LogP contribution in [0.25, 0.3) is 0 Å². The molecule has 0 radical (unpaired) electrons. The summed E-state index contributed by atoms with van der Waals surface area (Å²) in [6, 6.07) is 11.3. The van der Waals surface area contributed by atoms with E-state index in [2.05, 4.69) is 26.6 Å². The summed E-state index contributed by atoms with van der Waals surface area (Å²) in [5, 5.41) is 5.61. The molecular formula is C15H15BrFN3O. The van der Waals surface area contributed by atoms with E-state index in [0.29, 0.717) is 15.8 Å². The molecule has 6 heteroatoms. The molecule has 0 aromatic heterocycles. The van der Waals surface area contributed by atoms with Gasteiger partial charge in [-0.15, -0.1) is 0 Å². The monoisotopic (exact) mass is 351 g/mol. The van der Waals surface area contributed by atoms with Crippen LogP contribution in [0.5, 0.6) is 0 Å². The fourth-order valence-electron chi connectivity index (χ4n) is 1.93. The Balaban J connectivity index is 2.13. The van der Waals surface area contributed by atoms with Gasteiger partial charge in [-0.05, 0) is 52.7 Å². The van der Waals surface area contributed by atoms with E-state index in [1.165, 1.54) is 6.07 Å². The summed E-state index contributed by atoms with van der Waals surface area (Å²) < 4.78 is 14.4.